The number of rotatable bonds is 6. The Bertz CT molecular complexity index is 737. The first-order chi connectivity index (χ1) is 11.9. The molecule has 3 heterocycles. The molecule has 25 heavy (non-hydrogen) atoms. The maximum absolute atomic E-state index is 12.1. The minimum atomic E-state index is 0.0489. The van der Waals surface area contributed by atoms with Gasteiger partial charge >= 0.3 is 0 Å². The monoisotopic (exact) mass is 346 g/mol. The summed E-state index contributed by atoms with van der Waals surface area (Å²) in [6.07, 6.45) is 0.966. The second-order valence-corrected chi connectivity index (χ2v) is 6.77. The molecule has 3 rings (SSSR count). The Balaban J connectivity index is 1.56. The van der Waals surface area contributed by atoms with Crippen LogP contribution in [0.2, 0.25) is 0 Å². The van der Waals surface area contributed by atoms with Gasteiger partial charge in [-0.2, -0.15) is 10.1 Å². The maximum atomic E-state index is 12.1. The van der Waals surface area contributed by atoms with Crippen molar-refractivity contribution in [2.75, 3.05) is 19.6 Å². The SMILES string of the molecule is CC(=O)N(Cc1noc(C)n1)[C@@H]1CCN(CCn2nc(C)cc2C)C1. The molecule has 2 aromatic heterocycles. The molecule has 2 aromatic rings. The first-order valence-electron chi connectivity index (χ1n) is 8.72. The van der Waals surface area contributed by atoms with E-state index in [2.05, 4.69) is 33.1 Å². The van der Waals surface area contributed by atoms with Crippen molar-refractivity contribution in [1.82, 2.24) is 29.7 Å². The fourth-order valence-electron chi connectivity index (χ4n) is 3.46. The van der Waals surface area contributed by atoms with E-state index in [1.54, 1.807) is 13.8 Å². The Morgan fingerprint density at radius 2 is 2.16 bits per heavy atom. The molecular formula is C17H26N6O2. The van der Waals surface area contributed by atoms with Crippen molar-refractivity contribution in [3.05, 3.63) is 29.2 Å². The molecule has 0 N–H and O–H groups in total. The van der Waals surface area contributed by atoms with Gasteiger partial charge in [-0.3, -0.25) is 14.4 Å². The summed E-state index contributed by atoms with van der Waals surface area (Å²) in [5.74, 6) is 1.14. The Morgan fingerprint density at radius 3 is 2.76 bits per heavy atom. The molecule has 0 unspecified atom stereocenters. The van der Waals surface area contributed by atoms with Gasteiger partial charge < -0.3 is 9.42 Å². The lowest BCUT2D eigenvalue weighted by Crippen LogP contribution is -2.40. The number of hydrogen-bond donors (Lipinski definition) is 0. The van der Waals surface area contributed by atoms with Crippen LogP contribution in [0.3, 0.4) is 0 Å². The fraction of sp³-hybridized carbons (Fsp3) is 0.647. The minimum absolute atomic E-state index is 0.0489. The molecule has 8 heteroatoms. The Morgan fingerprint density at radius 1 is 1.36 bits per heavy atom. The predicted molar refractivity (Wildman–Crippen MR) is 91.8 cm³/mol. The molecule has 0 saturated carbocycles. The van der Waals surface area contributed by atoms with Gasteiger partial charge in [0.15, 0.2) is 5.82 Å². The van der Waals surface area contributed by atoms with Crippen LogP contribution in [0.25, 0.3) is 0 Å². The van der Waals surface area contributed by atoms with E-state index in [4.69, 9.17) is 4.52 Å². The van der Waals surface area contributed by atoms with E-state index in [-0.39, 0.29) is 11.9 Å². The van der Waals surface area contributed by atoms with Crippen molar-refractivity contribution in [3.63, 3.8) is 0 Å². The van der Waals surface area contributed by atoms with Crippen LogP contribution in [0.1, 0.15) is 36.4 Å². The molecule has 1 aliphatic heterocycles. The minimum Gasteiger partial charge on any atom is -0.340 e. The molecule has 0 aliphatic carbocycles. The number of amides is 1. The van der Waals surface area contributed by atoms with Crippen LogP contribution in [-0.2, 0) is 17.9 Å². The van der Waals surface area contributed by atoms with Crippen molar-refractivity contribution >= 4 is 5.91 Å². The molecule has 0 spiro atoms. The lowest BCUT2D eigenvalue weighted by atomic mass is 10.2. The zero-order valence-electron chi connectivity index (χ0n) is 15.4. The molecule has 8 nitrogen and oxygen atoms in total. The zero-order valence-corrected chi connectivity index (χ0v) is 15.4. The summed E-state index contributed by atoms with van der Waals surface area (Å²) in [7, 11) is 0. The third-order valence-corrected chi connectivity index (χ3v) is 4.71. The van der Waals surface area contributed by atoms with E-state index < -0.39 is 0 Å². The number of carbonyl (C=O) groups excluding carboxylic acids is 1. The van der Waals surface area contributed by atoms with Gasteiger partial charge in [0.25, 0.3) is 0 Å². The Labute approximate surface area is 147 Å². The summed E-state index contributed by atoms with van der Waals surface area (Å²) in [4.78, 5) is 20.5. The van der Waals surface area contributed by atoms with Gasteiger partial charge in [0, 0.05) is 45.2 Å². The van der Waals surface area contributed by atoms with E-state index in [1.165, 1.54) is 5.69 Å². The van der Waals surface area contributed by atoms with Crippen LogP contribution in [0, 0.1) is 20.8 Å². The normalized spacial score (nSPS) is 18.0. The van der Waals surface area contributed by atoms with Gasteiger partial charge in [-0.25, -0.2) is 0 Å². The van der Waals surface area contributed by atoms with Crippen molar-refractivity contribution in [3.8, 4) is 0 Å². The quantitative estimate of drug-likeness (QED) is 0.785. The van der Waals surface area contributed by atoms with Gasteiger partial charge in [-0.1, -0.05) is 5.16 Å². The average Bonchev–Trinajstić information content (AvgIpc) is 3.24. The molecule has 0 bridgehead atoms. The maximum Gasteiger partial charge on any atom is 0.223 e. The summed E-state index contributed by atoms with van der Waals surface area (Å²) in [6.45, 7) is 11.5. The van der Waals surface area contributed by atoms with E-state index >= 15 is 0 Å². The van der Waals surface area contributed by atoms with Crippen LogP contribution in [0.5, 0.6) is 0 Å². The molecule has 0 radical (unpaired) electrons. The molecule has 1 amide bonds. The van der Waals surface area contributed by atoms with Crippen molar-refractivity contribution < 1.29 is 9.32 Å². The van der Waals surface area contributed by atoms with Crippen molar-refractivity contribution in [2.24, 2.45) is 0 Å². The molecule has 1 saturated heterocycles. The van der Waals surface area contributed by atoms with Gasteiger partial charge in [-0.15, -0.1) is 0 Å². The molecular weight excluding hydrogens is 320 g/mol. The van der Waals surface area contributed by atoms with Crippen molar-refractivity contribution in [2.45, 2.75) is 53.2 Å². The van der Waals surface area contributed by atoms with Gasteiger partial charge in [0.05, 0.1) is 18.8 Å². The van der Waals surface area contributed by atoms with Gasteiger partial charge in [0.2, 0.25) is 11.8 Å². The van der Waals surface area contributed by atoms with E-state index in [0.717, 1.165) is 38.3 Å². The summed E-state index contributed by atoms with van der Waals surface area (Å²) in [5, 5.41) is 8.42. The third-order valence-electron chi connectivity index (χ3n) is 4.71. The highest BCUT2D eigenvalue weighted by atomic mass is 16.5. The fourth-order valence-corrected chi connectivity index (χ4v) is 3.46. The number of nitrogens with zero attached hydrogens (tertiary/aromatic N) is 6. The van der Waals surface area contributed by atoms with E-state index in [1.807, 2.05) is 16.5 Å². The third kappa shape index (κ3) is 4.25. The predicted octanol–water partition coefficient (Wildman–Crippen LogP) is 1.31. The Hall–Kier alpha value is -2.22. The highest BCUT2D eigenvalue weighted by molar-refractivity contribution is 5.73. The largest absolute Gasteiger partial charge is 0.340 e. The average molecular weight is 346 g/mol. The van der Waals surface area contributed by atoms with Gasteiger partial charge in [0.1, 0.15) is 0 Å². The molecule has 1 fully saturated rings. The summed E-state index contributed by atoms with van der Waals surface area (Å²) >= 11 is 0. The number of aromatic nitrogens is 4. The van der Waals surface area contributed by atoms with Gasteiger partial charge in [-0.05, 0) is 26.3 Å². The molecule has 1 aliphatic rings. The second-order valence-electron chi connectivity index (χ2n) is 6.77. The second kappa shape index (κ2) is 7.35. The smallest absolute Gasteiger partial charge is 0.223 e. The topological polar surface area (TPSA) is 80.3 Å². The Kier molecular flexibility index (Phi) is 5.17. The number of carbonyl (C=O) groups is 1. The van der Waals surface area contributed by atoms with E-state index in [9.17, 15) is 4.79 Å². The first-order valence-corrected chi connectivity index (χ1v) is 8.72. The van der Waals surface area contributed by atoms with Crippen molar-refractivity contribution in [1.29, 1.82) is 0 Å². The molecule has 136 valence electrons. The summed E-state index contributed by atoms with van der Waals surface area (Å²) < 4.78 is 7.06. The highest BCUT2D eigenvalue weighted by Gasteiger charge is 2.30. The standard InChI is InChI=1S/C17H26N6O2/c1-12-9-13(2)23(19-12)8-7-21-6-5-16(10-21)22(15(4)24)11-17-18-14(3)25-20-17/h9,16H,5-8,10-11H2,1-4H3/t16-/m1/s1. The van der Waals surface area contributed by atoms with Crippen LogP contribution < -0.4 is 0 Å². The summed E-state index contributed by atoms with van der Waals surface area (Å²) in [6, 6.07) is 2.29. The first kappa shape index (κ1) is 17.6. The molecule has 1 atom stereocenters. The lowest BCUT2D eigenvalue weighted by molar-refractivity contribution is -0.131. The van der Waals surface area contributed by atoms with E-state index in [0.29, 0.717) is 18.3 Å². The molecule has 0 aromatic carbocycles. The number of aryl methyl sites for hydroxylation is 3. The number of hydrogen-bond acceptors (Lipinski definition) is 6. The zero-order chi connectivity index (χ0) is 18.0. The lowest BCUT2D eigenvalue weighted by Gasteiger charge is -2.27. The van der Waals surface area contributed by atoms with Crippen LogP contribution in [-0.4, -0.2) is 61.3 Å². The van der Waals surface area contributed by atoms with Crippen LogP contribution in [0.4, 0.5) is 0 Å². The van der Waals surface area contributed by atoms with Crippen LogP contribution in [0.15, 0.2) is 10.6 Å². The summed E-state index contributed by atoms with van der Waals surface area (Å²) in [5.41, 5.74) is 2.24. The van der Waals surface area contributed by atoms with Crippen LogP contribution >= 0.6 is 0 Å². The number of likely N-dealkylation sites (tertiary alicyclic amines) is 1. The highest BCUT2D eigenvalue weighted by Crippen LogP contribution is 2.18.